The summed E-state index contributed by atoms with van der Waals surface area (Å²) in [4.78, 5) is 4.05. The van der Waals surface area contributed by atoms with Crippen LogP contribution in [0.3, 0.4) is 0 Å². The van der Waals surface area contributed by atoms with Gasteiger partial charge in [-0.25, -0.2) is 9.37 Å². The first-order chi connectivity index (χ1) is 6.18. The van der Waals surface area contributed by atoms with Crippen LogP contribution in [-0.2, 0) is 0 Å². The van der Waals surface area contributed by atoms with Crippen LogP contribution in [0.15, 0.2) is 24.5 Å². The molecule has 2 nitrogen and oxygen atoms in total. The molecule has 0 N–H and O–H groups in total. The highest BCUT2D eigenvalue weighted by atomic mass is 127. The van der Waals surface area contributed by atoms with Gasteiger partial charge in [-0.3, -0.25) is 0 Å². The first-order valence-electron chi connectivity index (χ1n) is 3.94. The first-order valence-corrected chi connectivity index (χ1v) is 5.19. The molecule has 0 spiro atoms. The van der Waals surface area contributed by atoms with Gasteiger partial charge in [-0.05, 0) is 19.1 Å². The zero-order valence-corrected chi connectivity index (χ0v) is 9.19. The van der Waals surface area contributed by atoms with Crippen molar-refractivity contribution in [1.82, 2.24) is 9.55 Å². The van der Waals surface area contributed by atoms with Crippen molar-refractivity contribution < 1.29 is 4.39 Å². The standard InChI is InChI=1S/C9H8FIN2/c1-6(11)13-3-2-7-4-8(10)5-12-9(7)13/h2-6H,1H3/t6-/m1/s1. The first kappa shape index (κ1) is 8.93. The second kappa shape index (κ2) is 3.25. The number of halogens is 2. The maximum Gasteiger partial charge on any atom is 0.142 e. The van der Waals surface area contributed by atoms with Gasteiger partial charge < -0.3 is 4.57 Å². The van der Waals surface area contributed by atoms with E-state index in [2.05, 4.69) is 34.5 Å². The molecule has 0 bridgehead atoms. The third-order valence-electron chi connectivity index (χ3n) is 1.90. The van der Waals surface area contributed by atoms with Crippen molar-refractivity contribution in [3.63, 3.8) is 0 Å². The van der Waals surface area contributed by atoms with E-state index >= 15 is 0 Å². The summed E-state index contributed by atoms with van der Waals surface area (Å²) in [5.74, 6) is -0.286. The number of nitrogens with zero attached hydrogens (tertiary/aromatic N) is 2. The van der Waals surface area contributed by atoms with Crippen LogP contribution in [0.4, 0.5) is 4.39 Å². The lowest BCUT2D eigenvalue weighted by Crippen LogP contribution is -1.96. The van der Waals surface area contributed by atoms with Gasteiger partial charge in [0.1, 0.15) is 11.5 Å². The molecule has 0 aromatic carbocycles. The molecule has 2 aromatic rings. The predicted octanol–water partition coefficient (Wildman–Crippen LogP) is 3.13. The van der Waals surface area contributed by atoms with Gasteiger partial charge in [0.2, 0.25) is 0 Å². The predicted molar refractivity (Wildman–Crippen MR) is 58.4 cm³/mol. The summed E-state index contributed by atoms with van der Waals surface area (Å²) in [6, 6.07) is 3.37. The molecule has 0 radical (unpaired) electrons. The summed E-state index contributed by atoms with van der Waals surface area (Å²) in [5.41, 5.74) is 0.836. The third kappa shape index (κ3) is 1.54. The molecule has 4 heteroatoms. The van der Waals surface area contributed by atoms with Gasteiger partial charge in [0.25, 0.3) is 0 Å². The maximum atomic E-state index is 12.8. The van der Waals surface area contributed by atoms with E-state index < -0.39 is 0 Å². The minimum atomic E-state index is -0.286. The maximum absolute atomic E-state index is 12.8. The summed E-state index contributed by atoms with van der Waals surface area (Å²) >= 11 is 2.29. The normalized spacial score (nSPS) is 13.5. The van der Waals surface area contributed by atoms with Crippen LogP contribution in [0.5, 0.6) is 0 Å². The number of aromatic nitrogens is 2. The Balaban J connectivity index is 2.69. The van der Waals surface area contributed by atoms with Gasteiger partial charge in [0.05, 0.1) is 10.2 Å². The summed E-state index contributed by atoms with van der Waals surface area (Å²) in [6.45, 7) is 2.06. The Bertz CT molecular complexity index is 436. The number of hydrogen-bond acceptors (Lipinski definition) is 1. The van der Waals surface area contributed by atoms with E-state index in [0.717, 1.165) is 11.0 Å². The Morgan fingerprint density at radius 3 is 3.08 bits per heavy atom. The molecule has 0 amide bonds. The van der Waals surface area contributed by atoms with Crippen molar-refractivity contribution in [3.05, 3.63) is 30.3 Å². The molecule has 2 rings (SSSR count). The Morgan fingerprint density at radius 1 is 1.62 bits per heavy atom. The van der Waals surface area contributed by atoms with Crippen LogP contribution in [0.25, 0.3) is 11.0 Å². The topological polar surface area (TPSA) is 17.8 Å². The highest BCUT2D eigenvalue weighted by molar-refractivity contribution is 14.1. The average Bonchev–Trinajstić information content (AvgIpc) is 2.46. The zero-order valence-electron chi connectivity index (χ0n) is 7.04. The summed E-state index contributed by atoms with van der Waals surface area (Å²) in [5, 5.41) is 0.850. The summed E-state index contributed by atoms with van der Waals surface area (Å²) < 4.78 is 15.1. The Kier molecular flexibility index (Phi) is 2.23. The van der Waals surface area contributed by atoms with E-state index in [1.165, 1.54) is 12.3 Å². The lowest BCUT2D eigenvalue weighted by atomic mass is 10.3. The van der Waals surface area contributed by atoms with Gasteiger partial charge in [-0.2, -0.15) is 0 Å². The van der Waals surface area contributed by atoms with Crippen molar-refractivity contribution in [2.75, 3.05) is 0 Å². The van der Waals surface area contributed by atoms with Gasteiger partial charge in [-0.1, -0.05) is 22.6 Å². The molecule has 2 aromatic heterocycles. The second-order valence-corrected chi connectivity index (χ2v) is 4.67. The van der Waals surface area contributed by atoms with E-state index in [1.807, 2.05) is 16.8 Å². The molecule has 13 heavy (non-hydrogen) atoms. The van der Waals surface area contributed by atoms with Crippen LogP contribution in [0.2, 0.25) is 0 Å². The Hall–Kier alpha value is -0.650. The molecular formula is C9H8FIN2. The van der Waals surface area contributed by atoms with Crippen LogP contribution in [0.1, 0.15) is 11.0 Å². The number of alkyl halides is 1. The van der Waals surface area contributed by atoms with Crippen LogP contribution >= 0.6 is 22.6 Å². The van der Waals surface area contributed by atoms with Crippen molar-refractivity contribution in [2.24, 2.45) is 0 Å². The summed E-state index contributed by atoms with van der Waals surface area (Å²) in [6.07, 6.45) is 3.17. The fourth-order valence-corrected chi connectivity index (χ4v) is 1.75. The monoisotopic (exact) mass is 290 g/mol. The molecule has 0 fully saturated rings. The molecule has 0 aliphatic heterocycles. The van der Waals surface area contributed by atoms with Crippen molar-refractivity contribution >= 4 is 33.6 Å². The molecule has 68 valence electrons. The average molecular weight is 290 g/mol. The fraction of sp³-hybridized carbons (Fsp3) is 0.222. The SMILES string of the molecule is C[C@H](I)n1ccc2cc(F)cnc21. The molecule has 0 saturated heterocycles. The van der Waals surface area contributed by atoms with E-state index in [0.29, 0.717) is 4.05 Å². The van der Waals surface area contributed by atoms with Crippen molar-refractivity contribution in [3.8, 4) is 0 Å². The largest absolute Gasteiger partial charge is 0.320 e. The lowest BCUT2D eigenvalue weighted by Gasteiger charge is -2.05. The van der Waals surface area contributed by atoms with Crippen LogP contribution in [-0.4, -0.2) is 9.55 Å². The minimum absolute atomic E-state index is 0.286. The minimum Gasteiger partial charge on any atom is -0.320 e. The molecular weight excluding hydrogens is 282 g/mol. The molecule has 1 atom stereocenters. The van der Waals surface area contributed by atoms with E-state index in [-0.39, 0.29) is 5.82 Å². The molecule has 0 unspecified atom stereocenters. The van der Waals surface area contributed by atoms with Crippen LogP contribution < -0.4 is 0 Å². The highest BCUT2D eigenvalue weighted by Gasteiger charge is 2.06. The van der Waals surface area contributed by atoms with Crippen molar-refractivity contribution in [2.45, 2.75) is 11.0 Å². The van der Waals surface area contributed by atoms with Gasteiger partial charge in [0.15, 0.2) is 0 Å². The quantitative estimate of drug-likeness (QED) is 0.583. The smallest absolute Gasteiger partial charge is 0.142 e. The van der Waals surface area contributed by atoms with Crippen molar-refractivity contribution in [1.29, 1.82) is 0 Å². The molecule has 0 saturated carbocycles. The Morgan fingerprint density at radius 2 is 2.38 bits per heavy atom. The number of rotatable bonds is 1. The lowest BCUT2D eigenvalue weighted by molar-refractivity contribution is 0.623. The second-order valence-electron chi connectivity index (χ2n) is 2.86. The van der Waals surface area contributed by atoms with E-state index in [1.54, 1.807) is 0 Å². The van der Waals surface area contributed by atoms with Gasteiger partial charge in [0, 0.05) is 11.6 Å². The van der Waals surface area contributed by atoms with Gasteiger partial charge in [-0.15, -0.1) is 0 Å². The molecule has 0 aliphatic carbocycles. The zero-order chi connectivity index (χ0) is 9.42. The highest BCUT2D eigenvalue weighted by Crippen LogP contribution is 2.22. The third-order valence-corrected chi connectivity index (χ3v) is 2.50. The van der Waals surface area contributed by atoms with Crippen LogP contribution in [0, 0.1) is 5.82 Å². The van der Waals surface area contributed by atoms with E-state index in [9.17, 15) is 4.39 Å². The number of pyridine rings is 1. The number of hydrogen-bond donors (Lipinski definition) is 0. The summed E-state index contributed by atoms with van der Waals surface area (Å²) in [7, 11) is 0. The fourth-order valence-electron chi connectivity index (χ4n) is 1.30. The number of fused-ring (bicyclic) bond motifs is 1. The molecule has 0 aliphatic rings. The molecule has 2 heterocycles. The Labute approximate surface area is 88.9 Å². The van der Waals surface area contributed by atoms with E-state index in [4.69, 9.17) is 0 Å². The van der Waals surface area contributed by atoms with Gasteiger partial charge >= 0.3 is 0 Å².